The number of rotatable bonds is 4. The predicted octanol–water partition coefficient (Wildman–Crippen LogP) is 2.88. The highest BCUT2D eigenvalue weighted by Crippen LogP contribution is 2.20. The molecule has 2 rings (SSSR count). The quantitative estimate of drug-likeness (QED) is 0.818. The summed E-state index contributed by atoms with van der Waals surface area (Å²) in [5, 5.41) is 3.03. The number of hydrogen-bond donors (Lipinski definition) is 2. The van der Waals surface area contributed by atoms with Gasteiger partial charge in [0, 0.05) is 29.3 Å². The van der Waals surface area contributed by atoms with E-state index in [0.717, 1.165) is 11.0 Å². The maximum atomic E-state index is 12.3. The number of benzene rings is 1. The third-order valence-corrected chi connectivity index (χ3v) is 4.59. The lowest BCUT2D eigenvalue weighted by Crippen LogP contribution is -2.43. The molecule has 1 heterocycles. The van der Waals surface area contributed by atoms with Crippen LogP contribution in [-0.2, 0) is 0 Å². The van der Waals surface area contributed by atoms with Crippen molar-refractivity contribution in [2.24, 2.45) is 5.92 Å². The van der Waals surface area contributed by atoms with Gasteiger partial charge in [0.15, 0.2) is 0 Å². The number of carbonyl (C=O) groups excluding carboxylic acids is 1. The summed E-state index contributed by atoms with van der Waals surface area (Å²) >= 11 is 3.37. The predicted molar refractivity (Wildman–Crippen MR) is 90.3 cm³/mol. The summed E-state index contributed by atoms with van der Waals surface area (Å²) in [6, 6.07) is 5.93. The number of hydrogen-bond acceptors (Lipinski definition) is 3. The topological polar surface area (TPSA) is 58.4 Å². The monoisotopic (exact) mass is 353 g/mol. The Morgan fingerprint density at radius 3 is 3.00 bits per heavy atom. The van der Waals surface area contributed by atoms with E-state index in [0.29, 0.717) is 29.8 Å². The van der Waals surface area contributed by atoms with Crippen LogP contribution in [0.4, 0.5) is 5.69 Å². The van der Waals surface area contributed by atoms with Crippen LogP contribution in [0.1, 0.15) is 37.0 Å². The standard InChI is InChI=1S/C16H24BrN3O/c1-11(2)20-7-3-4-12(10-20)9-19-16(21)14-8-13(17)5-6-15(14)18/h5-6,8,11-12H,3-4,7,9-10,18H2,1-2H3,(H,19,21). The van der Waals surface area contributed by atoms with E-state index < -0.39 is 0 Å². The van der Waals surface area contributed by atoms with Crippen molar-refractivity contribution < 1.29 is 4.79 Å². The Balaban J connectivity index is 1.90. The van der Waals surface area contributed by atoms with Crippen LogP contribution in [0, 0.1) is 5.92 Å². The van der Waals surface area contributed by atoms with Crippen molar-refractivity contribution in [3.8, 4) is 0 Å². The van der Waals surface area contributed by atoms with Crippen molar-refractivity contribution in [2.45, 2.75) is 32.7 Å². The molecule has 1 atom stereocenters. The number of halogens is 1. The Morgan fingerprint density at radius 2 is 2.29 bits per heavy atom. The molecule has 116 valence electrons. The van der Waals surface area contributed by atoms with Crippen LogP contribution in [0.3, 0.4) is 0 Å². The maximum Gasteiger partial charge on any atom is 0.253 e. The summed E-state index contributed by atoms with van der Waals surface area (Å²) in [7, 11) is 0. The highest BCUT2D eigenvalue weighted by molar-refractivity contribution is 9.10. The molecule has 0 aromatic heterocycles. The minimum absolute atomic E-state index is 0.0875. The molecule has 4 nitrogen and oxygen atoms in total. The molecule has 1 aliphatic rings. The molecule has 0 aliphatic carbocycles. The number of nitrogens with zero attached hydrogens (tertiary/aromatic N) is 1. The number of piperidine rings is 1. The lowest BCUT2D eigenvalue weighted by Gasteiger charge is -2.35. The van der Waals surface area contributed by atoms with Crippen molar-refractivity contribution >= 4 is 27.5 Å². The highest BCUT2D eigenvalue weighted by Gasteiger charge is 2.22. The number of amides is 1. The van der Waals surface area contributed by atoms with Crippen molar-refractivity contribution in [1.29, 1.82) is 0 Å². The lowest BCUT2D eigenvalue weighted by atomic mass is 9.97. The van der Waals surface area contributed by atoms with Crippen LogP contribution in [-0.4, -0.2) is 36.5 Å². The normalized spacial score (nSPS) is 19.7. The van der Waals surface area contributed by atoms with Gasteiger partial charge >= 0.3 is 0 Å². The van der Waals surface area contributed by atoms with Crippen LogP contribution in [0.15, 0.2) is 22.7 Å². The summed E-state index contributed by atoms with van der Waals surface area (Å²) in [6.07, 6.45) is 2.38. The van der Waals surface area contributed by atoms with Crippen LogP contribution in [0.2, 0.25) is 0 Å². The molecule has 1 amide bonds. The van der Waals surface area contributed by atoms with Crippen molar-refractivity contribution in [3.05, 3.63) is 28.2 Å². The van der Waals surface area contributed by atoms with Gasteiger partial charge in [0.05, 0.1) is 5.56 Å². The molecule has 0 saturated carbocycles. The summed E-state index contributed by atoms with van der Waals surface area (Å²) in [6.45, 7) is 7.40. The summed E-state index contributed by atoms with van der Waals surface area (Å²) < 4.78 is 0.866. The molecule has 1 aromatic rings. The fourth-order valence-electron chi connectivity index (χ4n) is 2.79. The zero-order valence-corrected chi connectivity index (χ0v) is 14.3. The maximum absolute atomic E-state index is 12.3. The summed E-state index contributed by atoms with van der Waals surface area (Å²) in [4.78, 5) is 14.7. The second-order valence-corrected chi connectivity index (χ2v) is 6.95. The molecule has 1 unspecified atom stereocenters. The number of nitrogens with two attached hydrogens (primary N) is 1. The first-order valence-electron chi connectivity index (χ1n) is 7.54. The largest absolute Gasteiger partial charge is 0.398 e. The molecule has 1 aromatic carbocycles. The van der Waals surface area contributed by atoms with Crippen molar-refractivity contribution in [2.75, 3.05) is 25.4 Å². The SMILES string of the molecule is CC(C)N1CCCC(CNC(=O)c2cc(Br)ccc2N)C1. The zero-order chi connectivity index (χ0) is 15.4. The van der Waals surface area contributed by atoms with Gasteiger partial charge < -0.3 is 16.0 Å². The van der Waals surface area contributed by atoms with E-state index in [2.05, 4.69) is 40.0 Å². The Hall–Kier alpha value is -1.07. The van der Waals surface area contributed by atoms with Gasteiger partial charge in [-0.05, 0) is 57.4 Å². The van der Waals surface area contributed by atoms with E-state index >= 15 is 0 Å². The molecule has 0 radical (unpaired) electrons. The molecular weight excluding hydrogens is 330 g/mol. The van der Waals surface area contributed by atoms with Gasteiger partial charge in [-0.3, -0.25) is 4.79 Å². The van der Waals surface area contributed by atoms with E-state index in [1.165, 1.54) is 19.4 Å². The van der Waals surface area contributed by atoms with E-state index in [1.807, 2.05) is 6.07 Å². The second-order valence-electron chi connectivity index (χ2n) is 6.04. The van der Waals surface area contributed by atoms with Crippen molar-refractivity contribution in [3.63, 3.8) is 0 Å². The highest BCUT2D eigenvalue weighted by atomic mass is 79.9. The van der Waals surface area contributed by atoms with E-state index in [9.17, 15) is 4.79 Å². The Kier molecular flexibility index (Phi) is 5.65. The molecule has 0 bridgehead atoms. The zero-order valence-electron chi connectivity index (χ0n) is 12.7. The average molecular weight is 354 g/mol. The fraction of sp³-hybridized carbons (Fsp3) is 0.562. The smallest absolute Gasteiger partial charge is 0.253 e. The first kappa shape index (κ1) is 16.3. The molecular formula is C16H24BrN3O. The number of nitrogen functional groups attached to an aromatic ring is 1. The molecule has 1 saturated heterocycles. The third-order valence-electron chi connectivity index (χ3n) is 4.09. The van der Waals surface area contributed by atoms with Crippen molar-refractivity contribution in [1.82, 2.24) is 10.2 Å². The first-order valence-corrected chi connectivity index (χ1v) is 8.34. The number of nitrogens with one attached hydrogen (secondary N) is 1. The first-order chi connectivity index (χ1) is 9.97. The summed E-state index contributed by atoms with van der Waals surface area (Å²) in [5.74, 6) is 0.439. The Bertz CT molecular complexity index is 504. The average Bonchev–Trinajstić information content (AvgIpc) is 2.47. The number of anilines is 1. The molecule has 1 aliphatic heterocycles. The number of likely N-dealkylation sites (tertiary alicyclic amines) is 1. The minimum Gasteiger partial charge on any atom is -0.398 e. The van der Waals surface area contributed by atoms with E-state index in [4.69, 9.17) is 5.73 Å². The molecule has 5 heteroatoms. The second kappa shape index (κ2) is 7.27. The third kappa shape index (κ3) is 4.45. The number of carbonyl (C=O) groups is 1. The van der Waals surface area contributed by atoms with Gasteiger partial charge in [-0.15, -0.1) is 0 Å². The van der Waals surface area contributed by atoms with E-state index in [-0.39, 0.29) is 5.91 Å². The molecule has 1 fully saturated rings. The Morgan fingerprint density at radius 1 is 1.52 bits per heavy atom. The van der Waals surface area contributed by atoms with Gasteiger partial charge in [0.25, 0.3) is 5.91 Å². The fourth-order valence-corrected chi connectivity index (χ4v) is 3.15. The van der Waals surface area contributed by atoms with Gasteiger partial charge in [0.2, 0.25) is 0 Å². The van der Waals surface area contributed by atoms with Gasteiger partial charge in [-0.2, -0.15) is 0 Å². The van der Waals surface area contributed by atoms with Crippen LogP contribution < -0.4 is 11.1 Å². The van der Waals surface area contributed by atoms with Gasteiger partial charge in [0.1, 0.15) is 0 Å². The molecule has 21 heavy (non-hydrogen) atoms. The minimum atomic E-state index is -0.0875. The van der Waals surface area contributed by atoms with Crippen LogP contribution >= 0.6 is 15.9 Å². The Labute approximate surface area is 135 Å². The lowest BCUT2D eigenvalue weighted by molar-refractivity contribution is 0.0923. The molecule has 3 N–H and O–H groups in total. The van der Waals surface area contributed by atoms with Crippen LogP contribution in [0.5, 0.6) is 0 Å². The van der Waals surface area contributed by atoms with Gasteiger partial charge in [-0.1, -0.05) is 15.9 Å². The van der Waals surface area contributed by atoms with Crippen LogP contribution in [0.25, 0.3) is 0 Å². The van der Waals surface area contributed by atoms with Gasteiger partial charge in [-0.25, -0.2) is 0 Å². The summed E-state index contributed by atoms with van der Waals surface area (Å²) in [5.41, 5.74) is 6.93. The molecule has 0 spiro atoms. The van der Waals surface area contributed by atoms with E-state index in [1.54, 1.807) is 12.1 Å².